The monoisotopic (exact) mass is 237 g/mol. The molecular weight excluding hydrogens is 225 g/mol. The first-order chi connectivity index (χ1) is 7.79. The van der Waals surface area contributed by atoms with Gasteiger partial charge >= 0.3 is 0 Å². The number of halogens is 1. The molecule has 0 aliphatic rings. The molecule has 0 aliphatic heterocycles. The lowest BCUT2D eigenvalue weighted by atomic mass is 10.1. The second-order valence-corrected chi connectivity index (χ2v) is 4.53. The van der Waals surface area contributed by atoms with Crippen LogP contribution in [0.3, 0.4) is 0 Å². The van der Waals surface area contributed by atoms with Crippen LogP contribution in [0, 0.1) is 5.82 Å². The molecule has 5 heteroatoms. The summed E-state index contributed by atoms with van der Waals surface area (Å²) in [6, 6.07) is 6.75. The van der Waals surface area contributed by atoms with Crippen molar-refractivity contribution >= 4 is 11.3 Å². The molecule has 0 atom stereocenters. The normalized spacial score (nSPS) is 10.6. The van der Waals surface area contributed by atoms with Crippen LogP contribution in [0.5, 0.6) is 0 Å². The van der Waals surface area contributed by atoms with Gasteiger partial charge in [0.25, 0.3) is 0 Å². The highest BCUT2D eigenvalue weighted by Crippen LogP contribution is 2.16. The molecule has 0 spiro atoms. The summed E-state index contributed by atoms with van der Waals surface area (Å²) in [7, 11) is 1.86. The molecule has 0 radical (unpaired) electrons. The van der Waals surface area contributed by atoms with Gasteiger partial charge in [0.15, 0.2) is 0 Å². The molecule has 1 aromatic heterocycles. The molecule has 0 saturated heterocycles. The Balaban J connectivity index is 2.11. The number of hydrogen-bond donors (Lipinski definition) is 1. The van der Waals surface area contributed by atoms with Gasteiger partial charge in [0, 0.05) is 13.0 Å². The lowest BCUT2D eigenvalue weighted by Gasteiger charge is -1.98. The standard InChI is InChI=1S/C11H12FN3S/c1-13-7-11-15-14-10(16-11)6-8-4-2-3-5-9(8)12/h2-5,13H,6-7H2,1H3. The Bertz CT molecular complexity index is 470. The first-order valence-electron chi connectivity index (χ1n) is 4.99. The Kier molecular flexibility index (Phi) is 3.58. The van der Waals surface area contributed by atoms with E-state index in [-0.39, 0.29) is 5.82 Å². The van der Waals surface area contributed by atoms with Crippen molar-refractivity contribution in [2.24, 2.45) is 0 Å². The molecule has 16 heavy (non-hydrogen) atoms. The van der Waals surface area contributed by atoms with Crippen molar-refractivity contribution < 1.29 is 4.39 Å². The fourth-order valence-corrected chi connectivity index (χ4v) is 2.27. The first-order valence-corrected chi connectivity index (χ1v) is 5.80. The molecule has 1 heterocycles. The van der Waals surface area contributed by atoms with E-state index >= 15 is 0 Å². The van der Waals surface area contributed by atoms with Gasteiger partial charge in [-0.3, -0.25) is 0 Å². The average Bonchev–Trinajstić information content (AvgIpc) is 2.70. The van der Waals surface area contributed by atoms with Crippen LogP contribution >= 0.6 is 11.3 Å². The number of rotatable bonds is 4. The number of nitrogens with one attached hydrogen (secondary N) is 1. The van der Waals surface area contributed by atoms with Crippen LogP contribution in [-0.2, 0) is 13.0 Å². The van der Waals surface area contributed by atoms with Crippen LogP contribution in [-0.4, -0.2) is 17.2 Å². The minimum atomic E-state index is -0.187. The lowest BCUT2D eigenvalue weighted by molar-refractivity contribution is 0.613. The summed E-state index contributed by atoms with van der Waals surface area (Å²) >= 11 is 1.51. The van der Waals surface area contributed by atoms with Gasteiger partial charge in [-0.1, -0.05) is 29.5 Å². The van der Waals surface area contributed by atoms with Gasteiger partial charge in [0.1, 0.15) is 15.8 Å². The van der Waals surface area contributed by atoms with Crippen LogP contribution in [0.2, 0.25) is 0 Å². The number of nitrogens with zero attached hydrogens (tertiary/aromatic N) is 2. The Labute approximate surface area is 97.3 Å². The second-order valence-electron chi connectivity index (χ2n) is 3.39. The highest BCUT2D eigenvalue weighted by atomic mass is 32.1. The molecule has 84 valence electrons. The van der Waals surface area contributed by atoms with Crippen molar-refractivity contribution in [3.05, 3.63) is 45.7 Å². The zero-order valence-electron chi connectivity index (χ0n) is 8.90. The highest BCUT2D eigenvalue weighted by Gasteiger charge is 2.07. The Morgan fingerprint density at radius 2 is 2.00 bits per heavy atom. The molecule has 2 rings (SSSR count). The third kappa shape index (κ3) is 2.62. The van der Waals surface area contributed by atoms with Gasteiger partial charge in [-0.15, -0.1) is 10.2 Å². The van der Waals surface area contributed by atoms with Gasteiger partial charge in [-0.05, 0) is 18.7 Å². The summed E-state index contributed by atoms with van der Waals surface area (Å²) in [6.45, 7) is 0.703. The lowest BCUT2D eigenvalue weighted by Crippen LogP contribution is -2.04. The Morgan fingerprint density at radius 3 is 2.75 bits per heavy atom. The van der Waals surface area contributed by atoms with Crippen LogP contribution in [0.15, 0.2) is 24.3 Å². The van der Waals surface area contributed by atoms with E-state index < -0.39 is 0 Å². The first kappa shape index (κ1) is 11.2. The Morgan fingerprint density at radius 1 is 1.25 bits per heavy atom. The van der Waals surface area contributed by atoms with E-state index in [9.17, 15) is 4.39 Å². The molecule has 1 aromatic carbocycles. The van der Waals surface area contributed by atoms with Gasteiger partial charge in [-0.25, -0.2) is 4.39 Å². The molecule has 0 saturated carbocycles. The molecule has 0 aliphatic carbocycles. The van der Waals surface area contributed by atoms with E-state index in [0.717, 1.165) is 10.0 Å². The fraction of sp³-hybridized carbons (Fsp3) is 0.273. The maximum absolute atomic E-state index is 13.4. The third-order valence-corrected chi connectivity index (χ3v) is 3.06. The van der Waals surface area contributed by atoms with Crippen molar-refractivity contribution in [2.75, 3.05) is 7.05 Å². The van der Waals surface area contributed by atoms with Gasteiger partial charge in [0.2, 0.25) is 0 Å². The summed E-state index contributed by atoms with van der Waals surface area (Å²) in [4.78, 5) is 0. The van der Waals surface area contributed by atoms with Gasteiger partial charge in [0.05, 0.1) is 0 Å². The van der Waals surface area contributed by atoms with E-state index in [2.05, 4.69) is 15.5 Å². The van der Waals surface area contributed by atoms with Crippen molar-refractivity contribution in [1.82, 2.24) is 15.5 Å². The number of benzene rings is 1. The summed E-state index contributed by atoms with van der Waals surface area (Å²) in [5.74, 6) is -0.187. The van der Waals surface area contributed by atoms with E-state index in [0.29, 0.717) is 18.5 Å². The predicted octanol–water partition coefficient (Wildman–Crippen LogP) is 1.99. The quantitative estimate of drug-likeness (QED) is 0.883. The topological polar surface area (TPSA) is 37.8 Å². The summed E-state index contributed by atoms with van der Waals surface area (Å²) in [6.07, 6.45) is 0.508. The number of aromatic nitrogens is 2. The smallest absolute Gasteiger partial charge is 0.131 e. The van der Waals surface area contributed by atoms with Gasteiger partial charge < -0.3 is 5.32 Å². The van der Waals surface area contributed by atoms with E-state index in [1.165, 1.54) is 17.4 Å². The van der Waals surface area contributed by atoms with Crippen molar-refractivity contribution in [2.45, 2.75) is 13.0 Å². The summed E-state index contributed by atoms with van der Waals surface area (Å²) < 4.78 is 13.4. The van der Waals surface area contributed by atoms with E-state index in [4.69, 9.17) is 0 Å². The van der Waals surface area contributed by atoms with Crippen molar-refractivity contribution in [1.29, 1.82) is 0 Å². The maximum Gasteiger partial charge on any atom is 0.131 e. The minimum absolute atomic E-state index is 0.187. The SMILES string of the molecule is CNCc1nnc(Cc2ccccc2F)s1. The maximum atomic E-state index is 13.4. The van der Waals surface area contributed by atoms with Gasteiger partial charge in [-0.2, -0.15) is 0 Å². The summed E-state index contributed by atoms with van der Waals surface area (Å²) in [5.41, 5.74) is 0.662. The Hall–Kier alpha value is -1.33. The molecule has 0 amide bonds. The second kappa shape index (κ2) is 5.14. The molecule has 3 nitrogen and oxygen atoms in total. The summed E-state index contributed by atoms with van der Waals surface area (Å²) in [5, 5.41) is 12.8. The average molecular weight is 237 g/mol. The van der Waals surface area contributed by atoms with Crippen LogP contribution < -0.4 is 5.32 Å². The molecule has 2 aromatic rings. The third-order valence-electron chi connectivity index (χ3n) is 2.14. The van der Waals surface area contributed by atoms with Crippen LogP contribution in [0.25, 0.3) is 0 Å². The molecule has 0 fully saturated rings. The van der Waals surface area contributed by atoms with Crippen molar-refractivity contribution in [3.63, 3.8) is 0 Å². The molecule has 0 unspecified atom stereocenters. The van der Waals surface area contributed by atoms with E-state index in [1.807, 2.05) is 13.1 Å². The van der Waals surface area contributed by atoms with Crippen LogP contribution in [0.1, 0.15) is 15.6 Å². The molecule has 1 N–H and O–H groups in total. The zero-order valence-corrected chi connectivity index (χ0v) is 9.72. The van der Waals surface area contributed by atoms with Crippen molar-refractivity contribution in [3.8, 4) is 0 Å². The largest absolute Gasteiger partial charge is 0.313 e. The molecule has 0 bridgehead atoms. The number of hydrogen-bond acceptors (Lipinski definition) is 4. The fourth-order valence-electron chi connectivity index (χ4n) is 1.39. The predicted molar refractivity (Wildman–Crippen MR) is 61.9 cm³/mol. The minimum Gasteiger partial charge on any atom is -0.313 e. The molecular formula is C11H12FN3S. The van der Waals surface area contributed by atoms with Crippen LogP contribution in [0.4, 0.5) is 4.39 Å². The highest BCUT2D eigenvalue weighted by molar-refractivity contribution is 7.11. The zero-order chi connectivity index (χ0) is 11.4. The van der Waals surface area contributed by atoms with E-state index in [1.54, 1.807) is 12.1 Å².